The third kappa shape index (κ3) is 5.38. The summed E-state index contributed by atoms with van der Waals surface area (Å²) in [6.45, 7) is -0.185. The number of hydrazine groups is 1. The largest absolute Gasteiger partial charge is 0.452 e. The van der Waals surface area contributed by atoms with Crippen LogP contribution in [0.15, 0.2) is 48.5 Å². The molecule has 2 N–H and O–H groups in total. The Kier molecular flexibility index (Phi) is 6.81. The maximum atomic E-state index is 13.4. The van der Waals surface area contributed by atoms with Gasteiger partial charge in [-0.05, 0) is 29.8 Å². The fourth-order valence-electron chi connectivity index (χ4n) is 1.99. The van der Waals surface area contributed by atoms with Gasteiger partial charge in [-0.1, -0.05) is 24.3 Å². The van der Waals surface area contributed by atoms with Gasteiger partial charge < -0.3 is 9.47 Å². The zero-order valence-electron chi connectivity index (χ0n) is 14.0. The van der Waals surface area contributed by atoms with Crippen molar-refractivity contribution in [1.29, 1.82) is 0 Å². The number of ether oxygens (including phenoxy) is 2. The molecule has 2 rings (SSSR count). The van der Waals surface area contributed by atoms with Crippen molar-refractivity contribution in [1.82, 2.24) is 10.9 Å². The monoisotopic (exact) mass is 360 g/mol. The first-order valence-electron chi connectivity index (χ1n) is 7.60. The Morgan fingerprint density at radius 3 is 2.35 bits per heavy atom. The van der Waals surface area contributed by atoms with Crippen molar-refractivity contribution >= 4 is 17.8 Å². The van der Waals surface area contributed by atoms with Crippen LogP contribution in [0.4, 0.5) is 4.39 Å². The summed E-state index contributed by atoms with van der Waals surface area (Å²) < 4.78 is 23.2. The lowest BCUT2D eigenvalue weighted by Crippen LogP contribution is -2.43. The molecule has 136 valence electrons. The van der Waals surface area contributed by atoms with Gasteiger partial charge in [0.1, 0.15) is 5.82 Å². The molecule has 0 aliphatic heterocycles. The van der Waals surface area contributed by atoms with Gasteiger partial charge in [-0.25, -0.2) is 9.18 Å². The van der Waals surface area contributed by atoms with Gasteiger partial charge in [0.15, 0.2) is 6.61 Å². The Bertz CT molecular complexity index is 792. The Balaban J connectivity index is 1.78. The standard InChI is InChI=1S/C18H17FN2O5/c1-25-10-12-6-8-13(9-7-12)18(24)26-11-16(22)20-21-17(23)14-4-2-3-5-15(14)19/h2-9H,10-11H2,1H3,(H,20,22)(H,21,23). The van der Waals surface area contributed by atoms with Crippen molar-refractivity contribution in [3.05, 3.63) is 71.0 Å². The molecule has 26 heavy (non-hydrogen) atoms. The number of nitrogens with one attached hydrogen (secondary N) is 2. The maximum Gasteiger partial charge on any atom is 0.338 e. The summed E-state index contributed by atoms with van der Waals surface area (Å²) in [7, 11) is 1.56. The van der Waals surface area contributed by atoms with Crippen LogP contribution in [-0.4, -0.2) is 31.5 Å². The van der Waals surface area contributed by atoms with E-state index in [4.69, 9.17) is 9.47 Å². The van der Waals surface area contributed by atoms with E-state index in [2.05, 4.69) is 0 Å². The van der Waals surface area contributed by atoms with Gasteiger partial charge in [0, 0.05) is 7.11 Å². The zero-order chi connectivity index (χ0) is 18.9. The van der Waals surface area contributed by atoms with Crippen molar-refractivity contribution in [2.45, 2.75) is 6.61 Å². The lowest BCUT2D eigenvalue weighted by atomic mass is 10.1. The van der Waals surface area contributed by atoms with E-state index in [9.17, 15) is 18.8 Å². The predicted molar refractivity (Wildman–Crippen MR) is 89.4 cm³/mol. The van der Waals surface area contributed by atoms with Gasteiger partial charge in [-0.3, -0.25) is 20.4 Å². The molecule has 0 spiro atoms. The highest BCUT2D eigenvalue weighted by Crippen LogP contribution is 2.07. The second-order valence-electron chi connectivity index (χ2n) is 5.19. The minimum Gasteiger partial charge on any atom is -0.452 e. The van der Waals surface area contributed by atoms with Gasteiger partial charge >= 0.3 is 5.97 Å². The molecule has 7 nitrogen and oxygen atoms in total. The number of carbonyl (C=O) groups is 3. The predicted octanol–water partition coefficient (Wildman–Crippen LogP) is 1.59. The molecule has 2 amide bonds. The normalized spacial score (nSPS) is 10.1. The van der Waals surface area contributed by atoms with Crippen LogP contribution in [0.1, 0.15) is 26.3 Å². The second-order valence-corrected chi connectivity index (χ2v) is 5.19. The average molecular weight is 360 g/mol. The van der Waals surface area contributed by atoms with Crippen molar-refractivity contribution in [3.8, 4) is 0 Å². The lowest BCUT2D eigenvalue weighted by Gasteiger charge is -2.09. The molecule has 0 unspecified atom stereocenters. The van der Waals surface area contributed by atoms with E-state index >= 15 is 0 Å². The van der Waals surface area contributed by atoms with E-state index in [-0.39, 0.29) is 11.1 Å². The van der Waals surface area contributed by atoms with Crippen LogP contribution < -0.4 is 10.9 Å². The smallest absolute Gasteiger partial charge is 0.338 e. The number of methoxy groups -OCH3 is 1. The number of hydrogen-bond donors (Lipinski definition) is 2. The summed E-state index contributed by atoms with van der Waals surface area (Å²) in [5, 5.41) is 0. The fourth-order valence-corrected chi connectivity index (χ4v) is 1.99. The third-order valence-electron chi connectivity index (χ3n) is 3.27. The van der Waals surface area contributed by atoms with Gasteiger partial charge in [0.25, 0.3) is 11.8 Å². The summed E-state index contributed by atoms with van der Waals surface area (Å²) in [6, 6.07) is 11.8. The van der Waals surface area contributed by atoms with Gasteiger partial charge in [-0.2, -0.15) is 0 Å². The third-order valence-corrected chi connectivity index (χ3v) is 3.27. The molecule has 8 heteroatoms. The highest BCUT2D eigenvalue weighted by atomic mass is 19.1. The maximum absolute atomic E-state index is 13.4. The Hall–Kier alpha value is -3.26. The van der Waals surface area contributed by atoms with E-state index < -0.39 is 30.2 Å². The molecule has 0 aliphatic carbocycles. The number of halogens is 1. The number of benzene rings is 2. The summed E-state index contributed by atoms with van der Waals surface area (Å²) in [6.07, 6.45) is 0. The topological polar surface area (TPSA) is 93.7 Å². The molecule has 0 saturated carbocycles. The highest BCUT2D eigenvalue weighted by Gasteiger charge is 2.13. The van der Waals surface area contributed by atoms with Crippen LogP contribution in [-0.2, 0) is 20.9 Å². The molecule has 2 aromatic rings. The van der Waals surface area contributed by atoms with E-state index in [1.807, 2.05) is 10.9 Å². The Morgan fingerprint density at radius 2 is 1.69 bits per heavy atom. The molecular weight excluding hydrogens is 343 g/mol. The summed E-state index contributed by atoms with van der Waals surface area (Å²) in [4.78, 5) is 35.2. The number of amides is 2. The molecular formula is C18H17FN2O5. The second kappa shape index (κ2) is 9.28. The molecule has 0 saturated heterocycles. The van der Waals surface area contributed by atoms with Crippen LogP contribution in [0.2, 0.25) is 0 Å². The number of esters is 1. The van der Waals surface area contributed by atoms with Gasteiger partial charge in [0.05, 0.1) is 17.7 Å². The molecule has 0 bridgehead atoms. The van der Waals surface area contributed by atoms with Crippen molar-refractivity contribution in [3.63, 3.8) is 0 Å². The van der Waals surface area contributed by atoms with Crippen molar-refractivity contribution < 1.29 is 28.2 Å². The van der Waals surface area contributed by atoms with E-state index in [0.29, 0.717) is 6.61 Å². The molecule has 0 aliphatic rings. The zero-order valence-corrected chi connectivity index (χ0v) is 14.0. The van der Waals surface area contributed by atoms with Crippen LogP contribution in [0, 0.1) is 5.82 Å². The molecule has 0 heterocycles. The van der Waals surface area contributed by atoms with E-state index in [0.717, 1.165) is 11.6 Å². The fraction of sp³-hybridized carbons (Fsp3) is 0.167. The quantitative estimate of drug-likeness (QED) is 0.603. The van der Waals surface area contributed by atoms with Crippen molar-refractivity contribution in [2.75, 3.05) is 13.7 Å². The number of rotatable bonds is 6. The number of carbonyl (C=O) groups excluding carboxylic acids is 3. The molecule has 0 fully saturated rings. The van der Waals surface area contributed by atoms with Gasteiger partial charge in [0.2, 0.25) is 0 Å². The highest BCUT2D eigenvalue weighted by molar-refractivity contribution is 5.96. The van der Waals surface area contributed by atoms with Crippen molar-refractivity contribution in [2.24, 2.45) is 0 Å². The first-order chi connectivity index (χ1) is 12.5. The van der Waals surface area contributed by atoms with Crippen LogP contribution in [0.25, 0.3) is 0 Å². The first kappa shape index (κ1) is 19.1. The molecule has 0 atom stereocenters. The summed E-state index contributed by atoms with van der Waals surface area (Å²) in [5.41, 5.74) is 5.02. The first-order valence-corrected chi connectivity index (χ1v) is 7.60. The lowest BCUT2D eigenvalue weighted by molar-refractivity contribution is -0.125. The van der Waals surface area contributed by atoms with Crippen LogP contribution in [0.3, 0.4) is 0 Å². The Morgan fingerprint density at radius 1 is 1.00 bits per heavy atom. The SMILES string of the molecule is COCc1ccc(C(=O)OCC(=O)NNC(=O)c2ccccc2F)cc1. The molecule has 0 radical (unpaired) electrons. The molecule has 0 aromatic heterocycles. The van der Waals surface area contributed by atoms with E-state index in [1.54, 1.807) is 31.4 Å². The molecule has 2 aromatic carbocycles. The average Bonchev–Trinajstić information content (AvgIpc) is 2.65. The minimum absolute atomic E-state index is 0.221. The minimum atomic E-state index is -0.823. The summed E-state index contributed by atoms with van der Waals surface area (Å²) in [5.74, 6) is -3.00. The van der Waals surface area contributed by atoms with Gasteiger partial charge in [-0.15, -0.1) is 0 Å². The Labute approximate surface area is 149 Å². The van der Waals surface area contributed by atoms with E-state index in [1.165, 1.54) is 18.2 Å². The summed E-state index contributed by atoms with van der Waals surface area (Å²) >= 11 is 0. The van der Waals surface area contributed by atoms with Crippen LogP contribution >= 0.6 is 0 Å². The van der Waals surface area contributed by atoms with Crippen LogP contribution in [0.5, 0.6) is 0 Å². The number of hydrogen-bond acceptors (Lipinski definition) is 5.